The maximum atomic E-state index is 12.4. The summed E-state index contributed by atoms with van der Waals surface area (Å²) < 4.78 is 10.9. The molecule has 1 atom stereocenters. The zero-order valence-electron chi connectivity index (χ0n) is 11.6. The van der Waals surface area contributed by atoms with Crippen molar-refractivity contribution in [1.82, 2.24) is 0 Å². The molecule has 0 saturated heterocycles. The lowest BCUT2D eigenvalue weighted by Gasteiger charge is -2.17. The highest BCUT2D eigenvalue weighted by Gasteiger charge is 2.22. The standard InChI is InChI=1S/C15H22O3/c1-5-8-14(17-4)15(16)12-9-6-7-10-13(12)18-11(2)3/h6-7,9-11,14H,5,8H2,1-4H3. The summed E-state index contributed by atoms with van der Waals surface area (Å²) in [6.07, 6.45) is 1.31. The lowest BCUT2D eigenvalue weighted by Crippen LogP contribution is -2.24. The Morgan fingerprint density at radius 2 is 1.94 bits per heavy atom. The number of methoxy groups -OCH3 is 1. The van der Waals surface area contributed by atoms with Gasteiger partial charge in [0.1, 0.15) is 11.9 Å². The second-order valence-electron chi connectivity index (χ2n) is 4.54. The summed E-state index contributed by atoms with van der Waals surface area (Å²) in [6.45, 7) is 5.93. The van der Waals surface area contributed by atoms with Crippen LogP contribution in [0.4, 0.5) is 0 Å². The smallest absolute Gasteiger partial charge is 0.195 e. The molecule has 0 aliphatic rings. The van der Waals surface area contributed by atoms with Crippen molar-refractivity contribution in [2.45, 2.75) is 45.8 Å². The van der Waals surface area contributed by atoms with E-state index in [9.17, 15) is 4.79 Å². The second-order valence-corrected chi connectivity index (χ2v) is 4.54. The summed E-state index contributed by atoms with van der Waals surface area (Å²) >= 11 is 0. The van der Waals surface area contributed by atoms with E-state index in [2.05, 4.69) is 0 Å². The van der Waals surface area contributed by atoms with E-state index in [4.69, 9.17) is 9.47 Å². The minimum atomic E-state index is -0.382. The Kier molecular flexibility index (Phi) is 5.86. The molecule has 0 spiro atoms. The van der Waals surface area contributed by atoms with Crippen LogP contribution in [-0.4, -0.2) is 25.1 Å². The van der Waals surface area contributed by atoms with Gasteiger partial charge in [-0.15, -0.1) is 0 Å². The number of para-hydroxylation sites is 1. The third kappa shape index (κ3) is 3.84. The molecule has 0 aliphatic carbocycles. The third-order valence-corrected chi connectivity index (χ3v) is 2.64. The van der Waals surface area contributed by atoms with Crippen molar-refractivity contribution in [2.24, 2.45) is 0 Å². The van der Waals surface area contributed by atoms with E-state index >= 15 is 0 Å². The Bertz CT molecular complexity index is 385. The SMILES string of the molecule is CCCC(OC)C(=O)c1ccccc1OC(C)C. The molecule has 3 heteroatoms. The fraction of sp³-hybridized carbons (Fsp3) is 0.533. The van der Waals surface area contributed by atoms with Crippen LogP contribution in [-0.2, 0) is 4.74 Å². The van der Waals surface area contributed by atoms with Crippen LogP contribution in [0.1, 0.15) is 44.0 Å². The molecule has 18 heavy (non-hydrogen) atoms. The molecule has 0 N–H and O–H groups in total. The van der Waals surface area contributed by atoms with Gasteiger partial charge in [0.05, 0.1) is 11.7 Å². The molecule has 0 heterocycles. The number of hydrogen-bond donors (Lipinski definition) is 0. The lowest BCUT2D eigenvalue weighted by molar-refractivity contribution is 0.0573. The van der Waals surface area contributed by atoms with Gasteiger partial charge >= 0.3 is 0 Å². The first-order chi connectivity index (χ1) is 8.60. The van der Waals surface area contributed by atoms with Gasteiger partial charge < -0.3 is 9.47 Å². The second kappa shape index (κ2) is 7.17. The summed E-state index contributed by atoms with van der Waals surface area (Å²) in [5, 5.41) is 0. The summed E-state index contributed by atoms with van der Waals surface area (Å²) in [5.41, 5.74) is 0.603. The average molecular weight is 250 g/mol. The van der Waals surface area contributed by atoms with Gasteiger partial charge in [-0.2, -0.15) is 0 Å². The highest BCUT2D eigenvalue weighted by molar-refractivity contribution is 6.01. The summed E-state index contributed by atoms with van der Waals surface area (Å²) in [5.74, 6) is 0.631. The van der Waals surface area contributed by atoms with Gasteiger partial charge in [-0.25, -0.2) is 0 Å². The van der Waals surface area contributed by atoms with Crippen molar-refractivity contribution in [3.8, 4) is 5.75 Å². The minimum absolute atomic E-state index is 0.00407. The van der Waals surface area contributed by atoms with E-state index in [0.29, 0.717) is 11.3 Å². The normalized spacial score (nSPS) is 12.5. The number of carbonyl (C=O) groups excluding carboxylic acids is 1. The molecule has 0 radical (unpaired) electrons. The number of ether oxygens (including phenoxy) is 2. The van der Waals surface area contributed by atoms with Crippen LogP contribution < -0.4 is 4.74 Å². The van der Waals surface area contributed by atoms with Crippen LogP contribution in [0.2, 0.25) is 0 Å². The zero-order chi connectivity index (χ0) is 13.5. The predicted octanol–water partition coefficient (Wildman–Crippen LogP) is 3.47. The number of ketones is 1. The van der Waals surface area contributed by atoms with Gasteiger partial charge in [0, 0.05) is 7.11 Å². The van der Waals surface area contributed by atoms with Gasteiger partial charge in [-0.3, -0.25) is 4.79 Å². The first-order valence-corrected chi connectivity index (χ1v) is 6.42. The molecule has 0 amide bonds. The topological polar surface area (TPSA) is 35.5 Å². The minimum Gasteiger partial charge on any atom is -0.490 e. The van der Waals surface area contributed by atoms with Crippen molar-refractivity contribution in [3.63, 3.8) is 0 Å². The van der Waals surface area contributed by atoms with Gasteiger partial charge in [0.2, 0.25) is 0 Å². The van der Waals surface area contributed by atoms with Crippen molar-refractivity contribution in [3.05, 3.63) is 29.8 Å². The number of carbonyl (C=O) groups is 1. The van der Waals surface area contributed by atoms with Crippen molar-refractivity contribution >= 4 is 5.78 Å². The van der Waals surface area contributed by atoms with Crippen molar-refractivity contribution in [2.75, 3.05) is 7.11 Å². The van der Waals surface area contributed by atoms with Gasteiger partial charge in [0.25, 0.3) is 0 Å². The molecule has 0 aliphatic heterocycles. The summed E-state index contributed by atoms with van der Waals surface area (Å²) in [4.78, 5) is 12.4. The first-order valence-electron chi connectivity index (χ1n) is 6.42. The predicted molar refractivity (Wildman–Crippen MR) is 72.2 cm³/mol. The van der Waals surface area contributed by atoms with E-state index in [1.807, 2.05) is 39.0 Å². The zero-order valence-corrected chi connectivity index (χ0v) is 11.6. The monoisotopic (exact) mass is 250 g/mol. The maximum Gasteiger partial charge on any atom is 0.195 e. The molecular weight excluding hydrogens is 228 g/mol. The molecule has 1 aromatic carbocycles. The average Bonchev–Trinajstić information content (AvgIpc) is 2.35. The Morgan fingerprint density at radius 1 is 1.28 bits per heavy atom. The molecule has 0 aromatic heterocycles. The number of rotatable bonds is 7. The molecule has 1 aromatic rings. The van der Waals surface area contributed by atoms with Crippen LogP contribution in [0.3, 0.4) is 0 Å². The summed E-state index contributed by atoms with van der Waals surface area (Å²) in [7, 11) is 1.57. The Morgan fingerprint density at radius 3 is 2.50 bits per heavy atom. The Balaban J connectivity index is 2.96. The van der Waals surface area contributed by atoms with E-state index in [-0.39, 0.29) is 18.0 Å². The fourth-order valence-electron chi connectivity index (χ4n) is 1.82. The highest BCUT2D eigenvalue weighted by atomic mass is 16.5. The molecule has 0 bridgehead atoms. The van der Waals surface area contributed by atoms with Crippen LogP contribution in [0.15, 0.2) is 24.3 Å². The molecule has 100 valence electrons. The number of hydrogen-bond acceptors (Lipinski definition) is 3. The van der Waals surface area contributed by atoms with Crippen molar-refractivity contribution < 1.29 is 14.3 Å². The summed E-state index contributed by atoms with van der Waals surface area (Å²) in [6, 6.07) is 7.34. The van der Waals surface area contributed by atoms with Crippen LogP contribution in [0.25, 0.3) is 0 Å². The van der Waals surface area contributed by atoms with Crippen LogP contribution in [0, 0.1) is 0 Å². The highest BCUT2D eigenvalue weighted by Crippen LogP contribution is 2.22. The van der Waals surface area contributed by atoms with Gasteiger partial charge in [0.15, 0.2) is 5.78 Å². The van der Waals surface area contributed by atoms with E-state index < -0.39 is 0 Å². The van der Waals surface area contributed by atoms with Crippen LogP contribution in [0.5, 0.6) is 5.75 Å². The molecule has 1 unspecified atom stereocenters. The molecule has 3 nitrogen and oxygen atoms in total. The van der Waals surface area contributed by atoms with E-state index in [0.717, 1.165) is 12.8 Å². The first kappa shape index (κ1) is 14.7. The van der Waals surface area contributed by atoms with E-state index in [1.165, 1.54) is 0 Å². The van der Waals surface area contributed by atoms with Gasteiger partial charge in [-0.05, 0) is 32.4 Å². The Hall–Kier alpha value is -1.35. The van der Waals surface area contributed by atoms with E-state index in [1.54, 1.807) is 13.2 Å². The number of Topliss-reactive ketones (excluding diaryl/α,β-unsaturated/α-hetero) is 1. The molecule has 0 fully saturated rings. The third-order valence-electron chi connectivity index (χ3n) is 2.64. The lowest BCUT2D eigenvalue weighted by atomic mass is 10.0. The van der Waals surface area contributed by atoms with Gasteiger partial charge in [-0.1, -0.05) is 25.5 Å². The fourth-order valence-corrected chi connectivity index (χ4v) is 1.82. The Labute approximate surface area is 109 Å². The largest absolute Gasteiger partial charge is 0.490 e. The van der Waals surface area contributed by atoms with Crippen molar-refractivity contribution in [1.29, 1.82) is 0 Å². The van der Waals surface area contributed by atoms with Crippen LogP contribution >= 0.6 is 0 Å². The maximum absolute atomic E-state index is 12.4. The molecule has 0 saturated carbocycles. The number of benzene rings is 1. The molecule has 1 rings (SSSR count). The molecular formula is C15H22O3. The quantitative estimate of drug-likeness (QED) is 0.695.